The number of rotatable bonds is 8. The van der Waals surface area contributed by atoms with Crippen LogP contribution in [-0.2, 0) is 12.6 Å². The number of nitriles is 1. The Morgan fingerprint density at radius 3 is 2.29 bits per heavy atom. The number of anilines is 1. The molecule has 3 aliphatic rings. The Morgan fingerprint density at radius 1 is 0.843 bits per heavy atom. The maximum atomic E-state index is 13.0. The van der Waals surface area contributed by atoms with Gasteiger partial charge in [0.25, 0.3) is 0 Å². The molecule has 0 unspecified atom stereocenters. The van der Waals surface area contributed by atoms with E-state index in [1.807, 2.05) is 17.0 Å². The molecule has 0 bridgehead atoms. The van der Waals surface area contributed by atoms with Gasteiger partial charge in [-0.1, -0.05) is 55.5 Å². The predicted molar refractivity (Wildman–Crippen MR) is 196 cm³/mol. The van der Waals surface area contributed by atoms with Gasteiger partial charge >= 0.3 is 6.18 Å². The molecule has 0 radical (unpaired) electrons. The molecule has 3 atom stereocenters. The molecular formula is C43H48F3N3O2. The standard InChI is InChI=1S/C28H31NO2.C15H17F3N2/c30-24-11-15-27-23(20-24)10-14-26(21-6-2-1-3-7-21)28(27)22-8-12-25(13-9-22)31-19-18-29-16-4-5-17-29;1-2-12-5-3-4-8-20(12)13-7-6-11(10-19)14(9-13)15(16,17)18/h1-3,6-9,11-13,15,20,26,28,30H,4-5,10,14,16-19H2;6-7,9,12H,2-5,8H2,1H3/t26-,28+;12-/m10/s1. The topological polar surface area (TPSA) is 59.7 Å². The summed E-state index contributed by atoms with van der Waals surface area (Å²) in [6.45, 7) is 7.01. The van der Waals surface area contributed by atoms with Crippen LogP contribution in [0.1, 0.15) is 97.1 Å². The number of likely N-dealkylation sites (tertiary alicyclic amines) is 1. The SMILES string of the molecule is CC[C@H]1CCCCN1c1ccc(C#N)c(C(F)(F)F)c1.Oc1ccc2c(c1)CC[C@H](c1ccccc1)[C@@H]2c1ccc(OCCN2CCCC2)cc1. The predicted octanol–water partition coefficient (Wildman–Crippen LogP) is 10.1. The van der Waals surface area contributed by atoms with Crippen LogP contribution in [-0.4, -0.2) is 48.8 Å². The fourth-order valence-electron chi connectivity index (χ4n) is 8.16. The average Bonchev–Trinajstić information content (AvgIpc) is 3.68. The van der Waals surface area contributed by atoms with Gasteiger partial charge in [0, 0.05) is 30.7 Å². The first kappa shape index (κ1) is 36.3. The van der Waals surface area contributed by atoms with Gasteiger partial charge in [-0.25, -0.2) is 0 Å². The first-order valence-electron chi connectivity index (χ1n) is 18.4. The summed E-state index contributed by atoms with van der Waals surface area (Å²) in [5.41, 5.74) is 4.72. The van der Waals surface area contributed by atoms with Crippen molar-refractivity contribution >= 4 is 5.69 Å². The summed E-state index contributed by atoms with van der Waals surface area (Å²) in [4.78, 5) is 4.52. The van der Waals surface area contributed by atoms with Crippen LogP contribution in [0.2, 0.25) is 0 Å². The zero-order chi connectivity index (χ0) is 35.8. The lowest BCUT2D eigenvalue weighted by Gasteiger charge is -2.37. The monoisotopic (exact) mass is 695 g/mol. The molecule has 7 rings (SSSR count). The van der Waals surface area contributed by atoms with E-state index in [1.165, 1.54) is 54.3 Å². The van der Waals surface area contributed by atoms with Crippen molar-refractivity contribution in [1.82, 2.24) is 4.90 Å². The molecule has 0 saturated carbocycles. The van der Waals surface area contributed by atoms with Crippen LogP contribution in [0.5, 0.6) is 11.5 Å². The maximum Gasteiger partial charge on any atom is 0.417 e. The van der Waals surface area contributed by atoms with Crippen LogP contribution in [0.15, 0.2) is 91.0 Å². The molecule has 1 N–H and O–H groups in total. The smallest absolute Gasteiger partial charge is 0.417 e. The van der Waals surface area contributed by atoms with E-state index < -0.39 is 11.7 Å². The zero-order valence-corrected chi connectivity index (χ0v) is 29.4. The molecule has 8 heteroatoms. The van der Waals surface area contributed by atoms with Gasteiger partial charge in [-0.3, -0.25) is 4.90 Å². The minimum atomic E-state index is -4.49. The van der Waals surface area contributed by atoms with Crippen LogP contribution in [0.3, 0.4) is 0 Å². The number of piperidine rings is 1. The fourth-order valence-corrected chi connectivity index (χ4v) is 8.16. The molecule has 2 saturated heterocycles. The molecular weight excluding hydrogens is 647 g/mol. The van der Waals surface area contributed by atoms with E-state index in [-0.39, 0.29) is 17.5 Å². The second-order valence-corrected chi connectivity index (χ2v) is 14.0. The Morgan fingerprint density at radius 2 is 1.59 bits per heavy atom. The Bertz CT molecular complexity index is 1760. The van der Waals surface area contributed by atoms with E-state index in [0.717, 1.165) is 70.0 Å². The van der Waals surface area contributed by atoms with Gasteiger partial charge in [-0.15, -0.1) is 0 Å². The van der Waals surface area contributed by atoms with Crippen LogP contribution >= 0.6 is 0 Å². The second-order valence-electron chi connectivity index (χ2n) is 14.0. The summed E-state index contributed by atoms with van der Waals surface area (Å²) in [5.74, 6) is 2.02. The number of hydrogen-bond acceptors (Lipinski definition) is 5. The van der Waals surface area contributed by atoms with E-state index in [4.69, 9.17) is 10.00 Å². The van der Waals surface area contributed by atoms with Gasteiger partial charge in [0.15, 0.2) is 0 Å². The molecule has 2 fully saturated rings. The Labute approximate surface area is 300 Å². The highest BCUT2D eigenvalue weighted by Crippen LogP contribution is 2.47. The van der Waals surface area contributed by atoms with Crippen molar-refractivity contribution < 1.29 is 23.0 Å². The third kappa shape index (κ3) is 8.88. The van der Waals surface area contributed by atoms with Crippen molar-refractivity contribution in [3.8, 4) is 17.6 Å². The van der Waals surface area contributed by atoms with Gasteiger partial charge in [0.1, 0.15) is 18.1 Å². The molecule has 0 aromatic heterocycles. The summed E-state index contributed by atoms with van der Waals surface area (Å²) < 4.78 is 45.0. The third-order valence-electron chi connectivity index (χ3n) is 10.8. The lowest BCUT2D eigenvalue weighted by atomic mass is 9.69. The highest BCUT2D eigenvalue weighted by atomic mass is 19.4. The number of alkyl halides is 3. The van der Waals surface area contributed by atoms with Crippen molar-refractivity contribution in [2.75, 3.05) is 37.7 Å². The quantitative estimate of drug-likeness (QED) is 0.199. The number of halogens is 3. The summed E-state index contributed by atoms with van der Waals surface area (Å²) in [5, 5.41) is 18.8. The Kier molecular flexibility index (Phi) is 11.9. The van der Waals surface area contributed by atoms with E-state index in [2.05, 4.69) is 72.5 Å². The van der Waals surface area contributed by atoms with Crippen molar-refractivity contribution in [3.05, 3.63) is 124 Å². The van der Waals surface area contributed by atoms with E-state index in [9.17, 15) is 18.3 Å². The van der Waals surface area contributed by atoms with Gasteiger partial charge in [0.05, 0.1) is 17.2 Å². The molecule has 1 aliphatic carbocycles. The average molecular weight is 696 g/mol. The normalized spacial score (nSPS) is 20.5. The highest BCUT2D eigenvalue weighted by Gasteiger charge is 2.35. The molecule has 0 amide bonds. The van der Waals surface area contributed by atoms with Crippen LogP contribution in [0, 0.1) is 11.3 Å². The lowest BCUT2D eigenvalue weighted by Crippen LogP contribution is -2.39. The van der Waals surface area contributed by atoms with Crippen molar-refractivity contribution in [2.45, 2.75) is 82.3 Å². The minimum Gasteiger partial charge on any atom is -0.508 e. The van der Waals surface area contributed by atoms with E-state index in [0.29, 0.717) is 17.4 Å². The molecule has 4 aromatic rings. The number of phenols is 1. The number of ether oxygens (including phenoxy) is 1. The van der Waals surface area contributed by atoms with Gasteiger partial charge in [-0.05, 0) is 135 Å². The number of hydrogen-bond donors (Lipinski definition) is 1. The van der Waals surface area contributed by atoms with Crippen molar-refractivity contribution in [3.63, 3.8) is 0 Å². The van der Waals surface area contributed by atoms with Crippen molar-refractivity contribution in [2.24, 2.45) is 0 Å². The molecule has 5 nitrogen and oxygen atoms in total. The van der Waals surface area contributed by atoms with Gasteiger partial charge in [-0.2, -0.15) is 18.4 Å². The molecule has 2 aliphatic heterocycles. The van der Waals surface area contributed by atoms with E-state index >= 15 is 0 Å². The molecule has 4 aromatic carbocycles. The molecule has 268 valence electrons. The van der Waals surface area contributed by atoms with Crippen molar-refractivity contribution in [1.29, 1.82) is 5.26 Å². The number of aryl methyl sites for hydroxylation is 1. The molecule has 0 spiro atoms. The number of fused-ring (bicyclic) bond motifs is 1. The Balaban J connectivity index is 0.000000194. The second kappa shape index (κ2) is 16.7. The van der Waals surface area contributed by atoms with Crippen LogP contribution in [0.25, 0.3) is 0 Å². The van der Waals surface area contributed by atoms with Gasteiger partial charge in [0.2, 0.25) is 0 Å². The summed E-state index contributed by atoms with van der Waals surface area (Å²) in [6.07, 6.45) is 4.28. The third-order valence-corrected chi connectivity index (χ3v) is 10.8. The number of aromatic hydroxyl groups is 1. The Hall–Kier alpha value is -4.48. The number of phenolic OH excluding ortho intramolecular Hbond substituents is 1. The maximum absolute atomic E-state index is 13.0. The summed E-state index contributed by atoms with van der Waals surface area (Å²) in [6, 6.07) is 31.4. The fraction of sp³-hybridized carbons (Fsp3) is 0.419. The largest absolute Gasteiger partial charge is 0.508 e. The zero-order valence-electron chi connectivity index (χ0n) is 29.4. The molecule has 2 heterocycles. The lowest BCUT2D eigenvalue weighted by molar-refractivity contribution is -0.137. The van der Waals surface area contributed by atoms with Crippen LogP contribution in [0.4, 0.5) is 18.9 Å². The summed E-state index contributed by atoms with van der Waals surface area (Å²) >= 11 is 0. The van der Waals surface area contributed by atoms with E-state index in [1.54, 1.807) is 12.1 Å². The molecule has 51 heavy (non-hydrogen) atoms. The van der Waals surface area contributed by atoms with Gasteiger partial charge < -0.3 is 14.7 Å². The van der Waals surface area contributed by atoms with Crippen LogP contribution < -0.4 is 9.64 Å². The first-order chi connectivity index (χ1) is 24.7. The first-order valence-corrected chi connectivity index (χ1v) is 18.4. The number of benzene rings is 4. The highest BCUT2D eigenvalue weighted by molar-refractivity contribution is 5.56. The minimum absolute atomic E-state index is 0.283. The number of nitrogens with zero attached hydrogens (tertiary/aromatic N) is 3. The summed E-state index contributed by atoms with van der Waals surface area (Å²) in [7, 11) is 0.